The van der Waals surface area contributed by atoms with Crippen molar-refractivity contribution in [3.63, 3.8) is 0 Å². The first-order valence-electron chi connectivity index (χ1n) is 12.5. The van der Waals surface area contributed by atoms with Crippen molar-refractivity contribution in [2.75, 3.05) is 38.2 Å². The molecule has 0 fully saturated rings. The van der Waals surface area contributed by atoms with E-state index in [4.69, 9.17) is 9.72 Å². The number of rotatable bonds is 15. The molecule has 1 aliphatic rings. The van der Waals surface area contributed by atoms with E-state index in [0.717, 1.165) is 37.8 Å². The number of alkyl halides is 3. The summed E-state index contributed by atoms with van der Waals surface area (Å²) >= 11 is 3.29. The van der Waals surface area contributed by atoms with Crippen LogP contribution in [0.3, 0.4) is 0 Å². The maximum absolute atomic E-state index is 12.4. The van der Waals surface area contributed by atoms with E-state index in [2.05, 4.69) is 43.3 Å². The van der Waals surface area contributed by atoms with Gasteiger partial charge in [0.15, 0.2) is 0 Å². The third-order valence-corrected chi connectivity index (χ3v) is 6.80. The van der Waals surface area contributed by atoms with E-state index in [1.807, 2.05) is 4.90 Å². The number of nitrogens with one attached hydrogen (secondary N) is 1. The minimum atomic E-state index is -4.38. The predicted octanol–water partition coefficient (Wildman–Crippen LogP) is 4.67. The van der Waals surface area contributed by atoms with Crippen LogP contribution in [0.25, 0.3) is 0 Å². The number of pyridine rings is 1. The first kappa shape index (κ1) is 29.2. The van der Waals surface area contributed by atoms with Crippen molar-refractivity contribution in [2.45, 2.75) is 63.6 Å². The molecule has 0 saturated carbocycles. The van der Waals surface area contributed by atoms with Crippen LogP contribution in [-0.2, 0) is 28.8 Å². The van der Waals surface area contributed by atoms with Crippen LogP contribution < -0.4 is 5.32 Å². The summed E-state index contributed by atoms with van der Waals surface area (Å²) in [4.78, 5) is 26.5. The highest BCUT2D eigenvalue weighted by atomic mass is 79.9. The molecule has 1 atom stereocenters. The molecule has 0 unspecified atom stereocenters. The number of unbranched alkanes of at least 4 members (excludes halogenated alkanes) is 1. The van der Waals surface area contributed by atoms with Gasteiger partial charge in [-0.05, 0) is 85.5 Å². The number of aliphatic carboxylic acids is 1. The van der Waals surface area contributed by atoms with Crippen molar-refractivity contribution < 1.29 is 27.8 Å². The summed E-state index contributed by atoms with van der Waals surface area (Å²) in [6.45, 7) is -0.125. The van der Waals surface area contributed by atoms with Gasteiger partial charge < -0.3 is 20.1 Å². The molecule has 2 aromatic heterocycles. The molecule has 0 amide bonds. The van der Waals surface area contributed by atoms with E-state index < -0.39 is 24.8 Å². The number of anilines is 1. The van der Waals surface area contributed by atoms with E-state index in [0.29, 0.717) is 23.4 Å². The first-order valence-corrected chi connectivity index (χ1v) is 13.3. The SMILES string of the molecule is O=C(O)[C@H](CCN(CCCCc1ccc2c(n1)CCCC2)CCOCC(F)(F)F)Nc1ncncc1Br. The Morgan fingerprint density at radius 3 is 2.76 bits per heavy atom. The van der Waals surface area contributed by atoms with Crippen LogP contribution in [0.15, 0.2) is 29.1 Å². The van der Waals surface area contributed by atoms with Crippen LogP contribution in [-0.4, -0.2) is 76.0 Å². The van der Waals surface area contributed by atoms with E-state index >= 15 is 0 Å². The van der Waals surface area contributed by atoms with Gasteiger partial charge in [0.05, 0.1) is 11.1 Å². The number of carboxylic acids is 1. The predicted molar refractivity (Wildman–Crippen MR) is 137 cm³/mol. The van der Waals surface area contributed by atoms with Gasteiger partial charge in [0.2, 0.25) is 0 Å². The molecule has 1 aliphatic carbocycles. The Morgan fingerprint density at radius 2 is 2.00 bits per heavy atom. The van der Waals surface area contributed by atoms with Gasteiger partial charge in [-0.25, -0.2) is 14.8 Å². The number of aromatic nitrogens is 3. The zero-order valence-corrected chi connectivity index (χ0v) is 22.2. The van der Waals surface area contributed by atoms with Gasteiger partial charge in [0.1, 0.15) is 24.8 Å². The van der Waals surface area contributed by atoms with E-state index in [9.17, 15) is 23.1 Å². The molecule has 0 radical (unpaired) electrons. The molecule has 2 N–H and O–H groups in total. The second kappa shape index (κ2) is 14.6. The molecule has 0 saturated heterocycles. The number of aryl methyl sites for hydroxylation is 3. The highest BCUT2D eigenvalue weighted by Gasteiger charge is 2.27. The molecule has 8 nitrogen and oxygen atoms in total. The Labute approximate surface area is 223 Å². The molecule has 0 spiro atoms. The van der Waals surface area contributed by atoms with Crippen molar-refractivity contribution in [3.8, 4) is 0 Å². The van der Waals surface area contributed by atoms with Gasteiger partial charge in [-0.15, -0.1) is 0 Å². The molecule has 0 bridgehead atoms. The standard InChI is InChI=1S/C25H33BrF3N5O3/c26-20-15-30-17-31-23(20)33-22(24(35)36)10-12-34(13-14-37-16-25(27,28)29)11-4-3-6-19-9-8-18-5-1-2-7-21(18)32-19/h8-9,15,17,22H,1-7,10-14,16H2,(H,35,36)(H,30,31,33)/t22-/m0/s1. The molecule has 3 rings (SSSR count). The van der Waals surface area contributed by atoms with Crippen molar-refractivity contribution >= 4 is 27.7 Å². The van der Waals surface area contributed by atoms with E-state index in [1.54, 1.807) is 0 Å². The quantitative estimate of drug-likeness (QED) is 0.290. The summed E-state index contributed by atoms with van der Waals surface area (Å²) in [7, 11) is 0. The second-order valence-corrected chi connectivity index (χ2v) is 9.98. The molecule has 37 heavy (non-hydrogen) atoms. The second-order valence-electron chi connectivity index (χ2n) is 9.13. The fraction of sp³-hybridized carbons (Fsp3) is 0.600. The van der Waals surface area contributed by atoms with Crippen LogP contribution in [0.1, 0.15) is 49.1 Å². The summed E-state index contributed by atoms with van der Waals surface area (Å²) < 4.78 is 42.7. The van der Waals surface area contributed by atoms with Gasteiger partial charge in [-0.3, -0.25) is 4.98 Å². The van der Waals surface area contributed by atoms with Crippen molar-refractivity contribution in [2.24, 2.45) is 0 Å². The fourth-order valence-electron chi connectivity index (χ4n) is 4.28. The topological polar surface area (TPSA) is 100 Å². The van der Waals surface area contributed by atoms with Crippen molar-refractivity contribution in [1.29, 1.82) is 0 Å². The van der Waals surface area contributed by atoms with Crippen molar-refractivity contribution in [1.82, 2.24) is 19.9 Å². The zero-order valence-electron chi connectivity index (χ0n) is 20.6. The zero-order chi connectivity index (χ0) is 26.7. The normalized spacial score (nSPS) is 14.4. The number of ether oxygens (including phenoxy) is 1. The highest BCUT2D eigenvalue weighted by Crippen LogP contribution is 2.21. The lowest BCUT2D eigenvalue weighted by Crippen LogP contribution is -2.37. The smallest absolute Gasteiger partial charge is 0.411 e. The van der Waals surface area contributed by atoms with E-state index in [1.165, 1.54) is 36.6 Å². The number of halogens is 4. The van der Waals surface area contributed by atoms with Gasteiger partial charge in [-0.2, -0.15) is 13.2 Å². The lowest BCUT2D eigenvalue weighted by molar-refractivity contribution is -0.174. The third-order valence-electron chi connectivity index (χ3n) is 6.22. The first-order chi connectivity index (χ1) is 17.7. The minimum Gasteiger partial charge on any atom is -0.480 e. The summed E-state index contributed by atoms with van der Waals surface area (Å²) in [5, 5.41) is 12.6. The maximum Gasteiger partial charge on any atom is 0.411 e. The van der Waals surface area contributed by atoms with E-state index in [-0.39, 0.29) is 19.6 Å². The summed E-state index contributed by atoms with van der Waals surface area (Å²) in [6.07, 6.45) is 5.69. The lowest BCUT2D eigenvalue weighted by atomic mass is 9.95. The Kier molecular flexibility index (Phi) is 11.5. The van der Waals surface area contributed by atoms with Crippen LogP contribution in [0, 0.1) is 0 Å². The van der Waals surface area contributed by atoms with Crippen LogP contribution in [0.4, 0.5) is 19.0 Å². The number of hydrogen-bond acceptors (Lipinski definition) is 7. The molecule has 0 aromatic carbocycles. The average molecular weight is 588 g/mol. The lowest BCUT2D eigenvalue weighted by Gasteiger charge is -2.25. The number of carboxylic acid groups (broad SMARTS) is 1. The monoisotopic (exact) mass is 587 g/mol. The molecule has 2 aromatic rings. The average Bonchev–Trinajstić information content (AvgIpc) is 2.86. The van der Waals surface area contributed by atoms with Crippen LogP contribution >= 0.6 is 15.9 Å². The molecule has 204 valence electrons. The Hall–Kier alpha value is -2.31. The fourth-order valence-corrected chi connectivity index (χ4v) is 4.61. The third kappa shape index (κ3) is 10.5. The van der Waals surface area contributed by atoms with Crippen LogP contribution in [0.5, 0.6) is 0 Å². The van der Waals surface area contributed by atoms with Crippen molar-refractivity contribution in [3.05, 3.63) is 46.1 Å². The van der Waals surface area contributed by atoms with Gasteiger partial charge >= 0.3 is 12.1 Å². The van der Waals surface area contributed by atoms with Gasteiger partial charge in [0, 0.05) is 30.7 Å². The number of hydrogen-bond donors (Lipinski definition) is 2. The summed E-state index contributed by atoms with van der Waals surface area (Å²) in [5.41, 5.74) is 3.61. The molecular formula is C25H33BrF3N5O3. The Balaban J connectivity index is 1.51. The Morgan fingerprint density at radius 1 is 1.19 bits per heavy atom. The molecule has 0 aliphatic heterocycles. The highest BCUT2D eigenvalue weighted by molar-refractivity contribution is 9.10. The molecule has 2 heterocycles. The molecule has 12 heteroatoms. The van der Waals surface area contributed by atoms with Crippen LogP contribution in [0.2, 0.25) is 0 Å². The summed E-state index contributed by atoms with van der Waals surface area (Å²) in [6, 6.07) is 3.33. The summed E-state index contributed by atoms with van der Waals surface area (Å²) in [5.74, 6) is -0.683. The largest absolute Gasteiger partial charge is 0.480 e. The molecular weight excluding hydrogens is 555 g/mol. The maximum atomic E-state index is 12.4. The number of fused-ring (bicyclic) bond motifs is 1. The van der Waals surface area contributed by atoms with Gasteiger partial charge in [0.25, 0.3) is 0 Å². The number of nitrogens with zero attached hydrogens (tertiary/aromatic N) is 4. The minimum absolute atomic E-state index is 0.0888. The number of carbonyl (C=O) groups is 1. The van der Waals surface area contributed by atoms with Gasteiger partial charge in [-0.1, -0.05) is 6.07 Å². The Bertz CT molecular complexity index is 1010.